The fraction of sp³-hybridized carbons (Fsp3) is 0.574. The molecule has 5 fully saturated rings. The Labute approximate surface area is 357 Å². The highest BCUT2D eigenvalue weighted by Crippen LogP contribution is 2.46. The largest absolute Gasteiger partial charge is 0.464 e. The number of esters is 1. The highest BCUT2D eigenvalue weighted by molar-refractivity contribution is 7.10. The molecule has 2 amide bonds. The third-order valence-electron chi connectivity index (χ3n) is 14.4. The van der Waals surface area contributed by atoms with Gasteiger partial charge >= 0.3 is 5.97 Å². The summed E-state index contributed by atoms with van der Waals surface area (Å²) in [6.07, 6.45) is 4.23. The molecule has 6 aliphatic rings. The van der Waals surface area contributed by atoms with Crippen molar-refractivity contribution in [2.45, 2.75) is 98.0 Å². The van der Waals surface area contributed by atoms with Crippen molar-refractivity contribution in [3.8, 4) is 22.4 Å². The molecule has 0 spiro atoms. The molecular formula is C47H61N7O5S. The first-order valence-electron chi connectivity index (χ1n) is 22.0. The number of pyridine rings is 1. The van der Waals surface area contributed by atoms with Crippen LogP contribution in [0, 0.1) is 29.1 Å². The maximum absolute atomic E-state index is 14.5. The van der Waals surface area contributed by atoms with Crippen molar-refractivity contribution >= 4 is 45.7 Å². The lowest BCUT2D eigenvalue weighted by Gasteiger charge is -2.53. The number of carbonyl (C=O) groups excluding carboxylic acids is 3. The van der Waals surface area contributed by atoms with E-state index in [0.717, 1.165) is 95.1 Å². The molecule has 0 radical (unpaired) electrons. The monoisotopic (exact) mass is 835 g/mol. The molecule has 4 aliphatic heterocycles. The first-order chi connectivity index (χ1) is 28.7. The number of amides is 2. The lowest BCUT2D eigenvalue weighted by atomic mass is 9.73. The molecule has 2 N–H and O–H groups in total. The van der Waals surface area contributed by atoms with Crippen LogP contribution in [0.2, 0.25) is 0 Å². The molecule has 13 heteroatoms. The SMILES string of the molecule is CCn1c(-c2cc(N3CCN(C)CC3)cnc2C(C)OC)c2c3cc(ccc31)-c1csc(c1)CC(NC(=O)C1C(C)C1C)C(=O)N1NC(C(=O)OCC(C)(C)C2)C2CC1C2. The predicted molar refractivity (Wildman–Crippen MR) is 235 cm³/mol. The van der Waals surface area contributed by atoms with Crippen molar-refractivity contribution in [3.05, 3.63) is 58.0 Å². The number of rotatable bonds is 7. The van der Waals surface area contributed by atoms with Gasteiger partial charge in [-0.25, -0.2) is 5.43 Å². The first kappa shape index (κ1) is 41.1. The minimum atomic E-state index is -0.766. The Morgan fingerprint density at radius 1 is 1.08 bits per heavy atom. The van der Waals surface area contributed by atoms with Gasteiger partial charge in [0, 0.05) is 85.0 Å². The number of hydrogen-bond donors (Lipinski definition) is 2. The summed E-state index contributed by atoms with van der Waals surface area (Å²) in [5.41, 5.74) is 11.5. The van der Waals surface area contributed by atoms with E-state index in [2.05, 4.69) is 109 Å². The van der Waals surface area contributed by atoms with Crippen LogP contribution >= 0.6 is 11.3 Å². The van der Waals surface area contributed by atoms with Gasteiger partial charge in [-0.2, -0.15) is 0 Å². The molecule has 60 heavy (non-hydrogen) atoms. The van der Waals surface area contributed by atoms with Crippen LogP contribution in [-0.2, 0) is 43.2 Å². The second-order valence-electron chi connectivity index (χ2n) is 19.1. The zero-order valence-electron chi connectivity index (χ0n) is 36.4. The molecule has 5 unspecified atom stereocenters. The van der Waals surface area contributed by atoms with Gasteiger partial charge in [0.15, 0.2) is 0 Å². The average molecular weight is 836 g/mol. The van der Waals surface area contributed by atoms with E-state index in [1.807, 2.05) is 6.20 Å². The number of carbonyl (C=O) groups is 3. The number of hydrogen-bond acceptors (Lipinski definition) is 10. The number of aromatic nitrogens is 2. The number of anilines is 1. The Hall–Kier alpha value is -4.30. The number of hydrazine groups is 1. The Kier molecular flexibility index (Phi) is 10.9. The highest BCUT2D eigenvalue weighted by Gasteiger charge is 2.52. The van der Waals surface area contributed by atoms with Gasteiger partial charge < -0.3 is 29.2 Å². The van der Waals surface area contributed by atoms with Gasteiger partial charge in [-0.3, -0.25) is 24.4 Å². The maximum atomic E-state index is 14.5. The number of ether oxygens (including phenoxy) is 2. The number of thiophene rings is 1. The second-order valence-corrected chi connectivity index (χ2v) is 20.1. The number of benzene rings is 1. The van der Waals surface area contributed by atoms with Crippen LogP contribution in [-0.4, -0.2) is 102 Å². The van der Waals surface area contributed by atoms with Gasteiger partial charge in [0.1, 0.15) is 12.1 Å². The van der Waals surface area contributed by atoms with E-state index in [1.54, 1.807) is 23.5 Å². The van der Waals surface area contributed by atoms with Crippen molar-refractivity contribution in [1.82, 2.24) is 30.2 Å². The van der Waals surface area contributed by atoms with Gasteiger partial charge in [-0.05, 0) is 104 Å². The Morgan fingerprint density at radius 3 is 2.53 bits per heavy atom. The summed E-state index contributed by atoms with van der Waals surface area (Å²) < 4.78 is 14.7. The summed E-state index contributed by atoms with van der Waals surface area (Å²) in [5.74, 6) is -0.0513. The molecule has 3 saturated heterocycles. The molecule has 2 aliphatic carbocycles. The number of methoxy groups -OCH3 is 1. The smallest absolute Gasteiger partial charge is 0.325 e. The molecule has 1 aromatic carbocycles. The van der Waals surface area contributed by atoms with Crippen molar-refractivity contribution < 1.29 is 23.9 Å². The number of fused-ring (bicyclic) bond motifs is 4. The van der Waals surface area contributed by atoms with Gasteiger partial charge in [-0.15, -0.1) is 11.3 Å². The lowest BCUT2D eigenvalue weighted by Crippen LogP contribution is -2.71. The number of aryl methyl sites for hydroxylation is 1. The lowest BCUT2D eigenvalue weighted by molar-refractivity contribution is -0.171. The fourth-order valence-corrected chi connectivity index (χ4v) is 11.2. The van der Waals surface area contributed by atoms with Crippen molar-refractivity contribution in [1.29, 1.82) is 0 Å². The highest BCUT2D eigenvalue weighted by atomic mass is 32.1. The molecule has 2 saturated carbocycles. The summed E-state index contributed by atoms with van der Waals surface area (Å²) in [6.45, 7) is 17.6. The summed E-state index contributed by atoms with van der Waals surface area (Å²) >= 11 is 1.62. The molecule has 4 aromatic rings. The number of piperazine rings is 1. The molecule has 320 valence electrons. The first-order valence-corrected chi connectivity index (χ1v) is 22.9. The molecular weight excluding hydrogens is 775 g/mol. The van der Waals surface area contributed by atoms with E-state index in [4.69, 9.17) is 14.5 Å². The Balaban J connectivity index is 1.17. The van der Waals surface area contributed by atoms with Crippen LogP contribution in [0.3, 0.4) is 0 Å². The average Bonchev–Trinajstić information content (AvgIpc) is 3.50. The van der Waals surface area contributed by atoms with Gasteiger partial charge in [-0.1, -0.05) is 33.8 Å². The number of cyclic esters (lactones) is 1. The van der Waals surface area contributed by atoms with E-state index in [9.17, 15) is 14.4 Å². The van der Waals surface area contributed by atoms with Crippen LogP contribution < -0.4 is 15.6 Å². The Morgan fingerprint density at radius 2 is 1.83 bits per heavy atom. The fourth-order valence-electron chi connectivity index (χ4n) is 10.2. The normalized spacial score (nSPS) is 28.5. The van der Waals surface area contributed by atoms with Crippen molar-refractivity contribution in [2.75, 3.05) is 51.8 Å². The van der Waals surface area contributed by atoms with Crippen molar-refractivity contribution in [3.63, 3.8) is 0 Å². The van der Waals surface area contributed by atoms with Gasteiger partial charge in [0.2, 0.25) is 5.91 Å². The third kappa shape index (κ3) is 7.43. The summed E-state index contributed by atoms with van der Waals surface area (Å²) in [7, 11) is 3.91. The topological polar surface area (TPSA) is 121 Å². The van der Waals surface area contributed by atoms with Crippen LogP contribution in [0.25, 0.3) is 33.3 Å². The predicted octanol–water partition coefficient (Wildman–Crippen LogP) is 6.46. The van der Waals surface area contributed by atoms with E-state index in [0.29, 0.717) is 12.8 Å². The van der Waals surface area contributed by atoms with E-state index in [-0.39, 0.29) is 60.2 Å². The summed E-state index contributed by atoms with van der Waals surface area (Å²) in [6, 6.07) is 9.81. The van der Waals surface area contributed by atoms with Gasteiger partial charge in [0.25, 0.3) is 5.91 Å². The molecule has 3 aromatic heterocycles. The summed E-state index contributed by atoms with van der Waals surface area (Å²) in [5, 5.41) is 8.12. The molecule has 5 atom stereocenters. The van der Waals surface area contributed by atoms with E-state index in [1.165, 1.54) is 5.56 Å². The molecule has 12 nitrogen and oxygen atoms in total. The minimum Gasteiger partial charge on any atom is -0.464 e. The standard InChI is InChI=1S/C47H61N7O5S/c1-9-53-39-11-10-29-19-35(39)37(43(53)36-20-33(23-48-41(36)28(4)58-8)52-14-12-51(7)13-15-52)22-47(5,6)25-59-46(57)42-30-16-32(17-30)54(50-42)45(56)38(21-34-18-31(29)24-60-34)49-44(55)40-26(2)27(40)3/h10-11,18-20,23-24,26-28,30,32,38,40,42,50H,9,12-17,21-22,25H2,1-8H3,(H,49,55). The van der Waals surface area contributed by atoms with Crippen molar-refractivity contribution in [2.24, 2.45) is 29.1 Å². The number of nitrogens with one attached hydrogen (secondary N) is 2. The van der Waals surface area contributed by atoms with Crippen LogP contribution in [0.15, 0.2) is 41.9 Å². The third-order valence-corrected chi connectivity index (χ3v) is 15.4. The minimum absolute atomic E-state index is 0.0215. The molecule has 7 heterocycles. The van der Waals surface area contributed by atoms with E-state index < -0.39 is 17.5 Å². The number of nitrogens with zero attached hydrogens (tertiary/aromatic N) is 5. The van der Waals surface area contributed by atoms with Crippen LogP contribution in [0.5, 0.6) is 0 Å². The second kappa shape index (κ2) is 15.9. The molecule has 8 bridgehead atoms. The summed E-state index contributed by atoms with van der Waals surface area (Å²) in [4.78, 5) is 53.1. The quantitative estimate of drug-likeness (QED) is 0.202. The van der Waals surface area contributed by atoms with Gasteiger partial charge in [0.05, 0.1) is 36.0 Å². The van der Waals surface area contributed by atoms with E-state index >= 15 is 0 Å². The molecule has 10 rings (SSSR count). The number of likely N-dealkylation sites (N-methyl/N-ethyl adjacent to an activating group) is 1. The van der Waals surface area contributed by atoms with Crippen LogP contribution in [0.4, 0.5) is 5.69 Å². The Bertz CT molecular complexity index is 2300. The zero-order valence-corrected chi connectivity index (χ0v) is 37.2. The van der Waals surface area contributed by atoms with Crippen LogP contribution in [0.1, 0.15) is 76.6 Å². The zero-order chi connectivity index (χ0) is 42.2. The maximum Gasteiger partial charge on any atom is 0.325 e.